The van der Waals surface area contributed by atoms with E-state index in [1.807, 2.05) is 16.0 Å². The lowest BCUT2D eigenvalue weighted by molar-refractivity contribution is -0.144. The molecule has 2 amide bonds. The van der Waals surface area contributed by atoms with Crippen LogP contribution in [-0.2, 0) is 16.0 Å². The van der Waals surface area contributed by atoms with Gasteiger partial charge < -0.3 is 14.8 Å². The lowest BCUT2D eigenvalue weighted by Crippen LogP contribution is -2.59. The number of hydrogen-bond acceptors (Lipinski definition) is 5. The number of aromatic nitrogens is 2. The molecule has 1 aromatic heterocycles. The first-order chi connectivity index (χ1) is 12.2. The molecule has 0 spiro atoms. The van der Waals surface area contributed by atoms with Gasteiger partial charge in [-0.25, -0.2) is 10.4 Å². The molecule has 0 radical (unpaired) electrons. The predicted octanol–water partition coefficient (Wildman–Crippen LogP) is -0.342. The lowest BCUT2D eigenvalue weighted by atomic mass is 9.83. The first-order valence-corrected chi connectivity index (χ1v) is 9.26. The number of carbonyl (C=O) groups excluding carboxylic acids is 2. The minimum atomic E-state index is -0.0988. The zero-order valence-electron chi connectivity index (χ0n) is 14.4. The van der Waals surface area contributed by atoms with Crippen molar-refractivity contribution >= 4 is 11.8 Å². The van der Waals surface area contributed by atoms with Crippen molar-refractivity contribution in [1.82, 2.24) is 30.6 Å². The van der Waals surface area contributed by atoms with Gasteiger partial charge in [0.2, 0.25) is 11.8 Å². The maximum Gasteiger partial charge on any atom is 0.241 e. The van der Waals surface area contributed by atoms with E-state index in [1.165, 1.54) is 0 Å². The molecular weight excluding hydrogens is 320 g/mol. The van der Waals surface area contributed by atoms with Gasteiger partial charge in [0.25, 0.3) is 0 Å². The molecule has 3 aliphatic rings. The second kappa shape index (κ2) is 7.13. The van der Waals surface area contributed by atoms with Gasteiger partial charge in [0.1, 0.15) is 6.04 Å². The van der Waals surface area contributed by atoms with Crippen LogP contribution in [0.1, 0.15) is 31.4 Å². The zero-order chi connectivity index (χ0) is 17.2. The average molecular weight is 346 g/mol. The fraction of sp³-hybridized carbons (Fsp3) is 0.706. The third-order valence-electron chi connectivity index (χ3n) is 5.76. The molecule has 3 saturated heterocycles. The number of nitrogens with zero attached hydrogens (tertiary/aromatic N) is 3. The Labute approximate surface area is 147 Å². The van der Waals surface area contributed by atoms with Crippen molar-refractivity contribution in [2.75, 3.05) is 26.2 Å². The Morgan fingerprint density at radius 1 is 1.32 bits per heavy atom. The summed E-state index contributed by atoms with van der Waals surface area (Å²) in [5.74, 6) is 0.845. The van der Waals surface area contributed by atoms with Gasteiger partial charge in [-0.05, 0) is 25.2 Å². The second-order valence-corrected chi connectivity index (χ2v) is 7.27. The van der Waals surface area contributed by atoms with E-state index < -0.39 is 0 Å². The number of piperidine rings is 2. The molecule has 4 rings (SSSR count). The van der Waals surface area contributed by atoms with Gasteiger partial charge in [-0.15, -0.1) is 0 Å². The van der Waals surface area contributed by atoms with Crippen molar-refractivity contribution in [1.29, 1.82) is 0 Å². The molecule has 3 N–H and O–H groups in total. The normalized spacial score (nSPS) is 29.8. The zero-order valence-corrected chi connectivity index (χ0v) is 14.4. The first-order valence-electron chi connectivity index (χ1n) is 9.26. The highest BCUT2D eigenvalue weighted by Crippen LogP contribution is 2.31. The van der Waals surface area contributed by atoms with Crippen LogP contribution in [0, 0.1) is 5.92 Å². The Morgan fingerprint density at radius 3 is 3.00 bits per heavy atom. The number of fused-ring (bicyclic) bond motifs is 1. The van der Waals surface area contributed by atoms with E-state index in [2.05, 4.69) is 20.8 Å². The van der Waals surface area contributed by atoms with E-state index in [4.69, 9.17) is 0 Å². The minimum Gasteiger partial charge on any atom is -0.348 e. The maximum atomic E-state index is 12.6. The number of nitrogens with one attached hydrogen (secondary N) is 3. The van der Waals surface area contributed by atoms with Gasteiger partial charge in [0, 0.05) is 57.0 Å². The van der Waals surface area contributed by atoms with E-state index in [-0.39, 0.29) is 23.9 Å². The standard InChI is InChI=1S/C17H26N6O2/c24-16-2-1-12-10-22(17(25)14-3-6-20-21-14)7-5-15(12)23(16)8-4-13-9-18-11-19-13/h9,11-12,14-15,20-21H,1-8,10H2,(H,18,19)/t12-,14?,15+/m0/s1. The number of amides is 2. The maximum absolute atomic E-state index is 12.6. The Bertz CT molecular complexity index is 613. The van der Waals surface area contributed by atoms with Crippen molar-refractivity contribution in [3.8, 4) is 0 Å². The summed E-state index contributed by atoms with van der Waals surface area (Å²) in [6.07, 6.45) is 7.50. The van der Waals surface area contributed by atoms with Crippen LogP contribution in [0.15, 0.2) is 12.5 Å². The smallest absolute Gasteiger partial charge is 0.241 e. The lowest BCUT2D eigenvalue weighted by Gasteiger charge is -2.47. The van der Waals surface area contributed by atoms with Crippen molar-refractivity contribution in [2.24, 2.45) is 5.92 Å². The van der Waals surface area contributed by atoms with E-state index in [0.29, 0.717) is 12.3 Å². The molecule has 3 atom stereocenters. The van der Waals surface area contributed by atoms with Crippen molar-refractivity contribution < 1.29 is 9.59 Å². The van der Waals surface area contributed by atoms with Crippen LogP contribution in [0.3, 0.4) is 0 Å². The van der Waals surface area contributed by atoms with Crippen LogP contribution < -0.4 is 10.9 Å². The Hall–Kier alpha value is -1.93. The third-order valence-corrected chi connectivity index (χ3v) is 5.76. The van der Waals surface area contributed by atoms with E-state index in [9.17, 15) is 9.59 Å². The number of carbonyl (C=O) groups is 2. The van der Waals surface area contributed by atoms with Crippen LogP contribution in [-0.4, -0.2) is 69.8 Å². The molecule has 4 heterocycles. The number of imidazole rings is 1. The summed E-state index contributed by atoms with van der Waals surface area (Å²) < 4.78 is 0. The number of hydrazine groups is 1. The average Bonchev–Trinajstić information content (AvgIpc) is 3.33. The molecular formula is C17H26N6O2. The summed E-state index contributed by atoms with van der Waals surface area (Å²) in [4.78, 5) is 36.3. The quantitative estimate of drug-likeness (QED) is 0.693. The Balaban J connectivity index is 1.38. The Morgan fingerprint density at radius 2 is 2.24 bits per heavy atom. The fourth-order valence-electron chi connectivity index (χ4n) is 4.39. The molecule has 8 nitrogen and oxygen atoms in total. The van der Waals surface area contributed by atoms with Gasteiger partial charge in [-0.3, -0.25) is 15.0 Å². The van der Waals surface area contributed by atoms with Gasteiger partial charge in [0.15, 0.2) is 0 Å². The van der Waals surface area contributed by atoms with Crippen LogP contribution in [0.5, 0.6) is 0 Å². The van der Waals surface area contributed by atoms with Gasteiger partial charge in [-0.2, -0.15) is 0 Å². The molecule has 1 aromatic rings. The summed E-state index contributed by atoms with van der Waals surface area (Å²) in [6.45, 7) is 3.08. The molecule has 0 bridgehead atoms. The molecule has 0 aromatic carbocycles. The van der Waals surface area contributed by atoms with E-state index >= 15 is 0 Å². The summed E-state index contributed by atoms with van der Waals surface area (Å²) in [7, 11) is 0. The van der Waals surface area contributed by atoms with Crippen LogP contribution >= 0.6 is 0 Å². The number of likely N-dealkylation sites (tertiary alicyclic amines) is 2. The largest absolute Gasteiger partial charge is 0.348 e. The molecule has 136 valence electrons. The number of H-pyrrole nitrogens is 1. The molecule has 3 aliphatic heterocycles. The van der Waals surface area contributed by atoms with Crippen LogP contribution in [0.2, 0.25) is 0 Å². The highest BCUT2D eigenvalue weighted by molar-refractivity contribution is 5.82. The second-order valence-electron chi connectivity index (χ2n) is 7.27. The summed E-state index contributed by atoms with van der Waals surface area (Å²) in [5.41, 5.74) is 7.15. The van der Waals surface area contributed by atoms with Crippen molar-refractivity contribution in [2.45, 2.75) is 44.2 Å². The Kier molecular flexibility index (Phi) is 4.72. The number of aromatic amines is 1. The molecule has 0 saturated carbocycles. The third kappa shape index (κ3) is 3.41. The molecule has 1 unspecified atom stereocenters. The predicted molar refractivity (Wildman–Crippen MR) is 91.3 cm³/mol. The van der Waals surface area contributed by atoms with Crippen molar-refractivity contribution in [3.63, 3.8) is 0 Å². The molecule has 25 heavy (non-hydrogen) atoms. The van der Waals surface area contributed by atoms with Crippen LogP contribution in [0.25, 0.3) is 0 Å². The highest BCUT2D eigenvalue weighted by atomic mass is 16.2. The highest BCUT2D eigenvalue weighted by Gasteiger charge is 2.41. The minimum absolute atomic E-state index is 0.0988. The van der Waals surface area contributed by atoms with E-state index in [1.54, 1.807) is 6.33 Å². The molecule has 8 heteroatoms. The summed E-state index contributed by atoms with van der Waals surface area (Å²) in [5, 5.41) is 0. The number of rotatable bonds is 4. The van der Waals surface area contributed by atoms with Gasteiger partial charge >= 0.3 is 0 Å². The molecule has 3 fully saturated rings. The monoisotopic (exact) mass is 346 g/mol. The topological polar surface area (TPSA) is 93.4 Å². The van der Waals surface area contributed by atoms with Crippen LogP contribution in [0.4, 0.5) is 0 Å². The first kappa shape index (κ1) is 16.5. The van der Waals surface area contributed by atoms with E-state index in [0.717, 1.165) is 57.6 Å². The summed E-state index contributed by atoms with van der Waals surface area (Å²) in [6, 6.07) is 0.168. The molecule has 0 aliphatic carbocycles. The van der Waals surface area contributed by atoms with Crippen molar-refractivity contribution in [3.05, 3.63) is 18.2 Å². The summed E-state index contributed by atoms with van der Waals surface area (Å²) >= 11 is 0. The SMILES string of the molecule is O=C(C1CCNN1)N1CC[C@@H]2[C@@H](CCC(=O)N2CCc2cnc[nH]2)C1. The van der Waals surface area contributed by atoms with Gasteiger partial charge in [-0.1, -0.05) is 0 Å². The fourth-order valence-corrected chi connectivity index (χ4v) is 4.39. The number of hydrogen-bond donors (Lipinski definition) is 3. The van der Waals surface area contributed by atoms with Gasteiger partial charge in [0.05, 0.1) is 6.33 Å².